The number of aryl methyl sites for hydroxylation is 1. The number of piperidine rings is 1. The molecule has 2 aliphatic rings. The molecule has 2 fully saturated rings. The monoisotopic (exact) mass is 569 g/mol. The molecule has 206 valence electrons. The van der Waals surface area contributed by atoms with Crippen molar-refractivity contribution in [2.75, 3.05) is 22.9 Å². The smallest absolute Gasteiger partial charge is 0.174 e. The third kappa shape index (κ3) is 4.88. The Morgan fingerprint density at radius 2 is 1.62 bits per heavy atom. The minimum Gasteiger partial charge on any atom is -0.370 e. The maximum Gasteiger partial charge on any atom is 0.174 e. The molecule has 40 heavy (non-hydrogen) atoms. The van der Waals surface area contributed by atoms with Gasteiger partial charge in [-0.15, -0.1) is 0 Å². The number of para-hydroxylation sites is 1. The van der Waals surface area contributed by atoms with E-state index in [2.05, 4.69) is 108 Å². The highest BCUT2D eigenvalue weighted by atomic mass is 35.5. The molecular formula is C33H36ClN5S. The summed E-state index contributed by atoms with van der Waals surface area (Å²) in [7, 11) is 0. The summed E-state index contributed by atoms with van der Waals surface area (Å²) < 4.78 is 2.32. The van der Waals surface area contributed by atoms with E-state index in [1.54, 1.807) is 0 Å². The Kier molecular flexibility index (Phi) is 7.32. The molecule has 0 unspecified atom stereocenters. The summed E-state index contributed by atoms with van der Waals surface area (Å²) in [6, 6.07) is 25.1. The Morgan fingerprint density at radius 3 is 2.30 bits per heavy atom. The lowest BCUT2D eigenvalue weighted by atomic mass is 9.91. The van der Waals surface area contributed by atoms with Crippen molar-refractivity contribution >= 4 is 40.3 Å². The third-order valence-electron chi connectivity index (χ3n) is 8.32. The lowest BCUT2D eigenvalue weighted by Gasteiger charge is -2.37. The van der Waals surface area contributed by atoms with Crippen LogP contribution in [0.3, 0.4) is 0 Å². The van der Waals surface area contributed by atoms with E-state index in [0.717, 1.165) is 40.9 Å². The first-order valence-corrected chi connectivity index (χ1v) is 14.9. The molecule has 0 spiro atoms. The second-order valence-electron chi connectivity index (χ2n) is 11.5. The molecule has 2 aliphatic heterocycles. The second kappa shape index (κ2) is 10.9. The summed E-state index contributed by atoms with van der Waals surface area (Å²) in [5.41, 5.74) is 7.77. The summed E-state index contributed by atoms with van der Waals surface area (Å²) in [4.78, 5) is 9.40. The van der Waals surface area contributed by atoms with Crippen LogP contribution >= 0.6 is 23.8 Å². The fraction of sp³-hybridized carbons (Fsp3) is 0.333. The normalized spacial score (nSPS) is 23.0. The van der Waals surface area contributed by atoms with Crippen LogP contribution in [0.25, 0.3) is 5.69 Å². The van der Waals surface area contributed by atoms with Crippen molar-refractivity contribution in [1.29, 1.82) is 0 Å². The second-order valence-corrected chi connectivity index (χ2v) is 12.3. The molecule has 4 heterocycles. The van der Waals surface area contributed by atoms with Gasteiger partial charge in [0, 0.05) is 42.0 Å². The molecule has 0 bridgehead atoms. The van der Waals surface area contributed by atoms with Crippen LogP contribution in [0.2, 0.25) is 5.02 Å². The molecule has 4 atom stereocenters. The van der Waals surface area contributed by atoms with E-state index >= 15 is 0 Å². The lowest BCUT2D eigenvalue weighted by Crippen LogP contribution is -2.38. The van der Waals surface area contributed by atoms with Crippen LogP contribution in [-0.2, 0) is 0 Å². The van der Waals surface area contributed by atoms with E-state index in [-0.39, 0.29) is 12.1 Å². The van der Waals surface area contributed by atoms with Gasteiger partial charge in [0.1, 0.15) is 0 Å². The zero-order valence-corrected chi connectivity index (χ0v) is 25.1. The molecule has 2 aromatic heterocycles. The highest BCUT2D eigenvalue weighted by Crippen LogP contribution is 2.45. The van der Waals surface area contributed by atoms with Crippen molar-refractivity contribution in [3.63, 3.8) is 0 Å². The Hall–Kier alpha value is -3.35. The number of anilines is 2. The van der Waals surface area contributed by atoms with Gasteiger partial charge in [0.05, 0.1) is 28.5 Å². The average Bonchev–Trinajstić information content (AvgIpc) is 3.43. The SMILES string of the molecule is Cc1cc([C@@H]2[C@H](c3ccccn3)NC(=S)N2c2ccc(N3C[C@@H](C)C[C@H](C)C3)c(Cl)c2)c(C)n1-c1ccccc1. The molecule has 5 nitrogen and oxygen atoms in total. The van der Waals surface area contributed by atoms with Gasteiger partial charge in [-0.3, -0.25) is 4.98 Å². The molecule has 7 heteroatoms. The summed E-state index contributed by atoms with van der Waals surface area (Å²) in [6.45, 7) is 11.1. The van der Waals surface area contributed by atoms with E-state index < -0.39 is 0 Å². The minimum absolute atomic E-state index is 0.0944. The fourth-order valence-electron chi connectivity index (χ4n) is 6.77. The largest absolute Gasteiger partial charge is 0.370 e. The number of thiocarbonyl (C=S) groups is 1. The molecule has 6 rings (SSSR count). The van der Waals surface area contributed by atoms with Crippen molar-refractivity contribution in [3.05, 3.63) is 107 Å². The Balaban J connectivity index is 1.44. The first-order chi connectivity index (χ1) is 19.3. The van der Waals surface area contributed by atoms with E-state index in [9.17, 15) is 0 Å². The van der Waals surface area contributed by atoms with Crippen LogP contribution in [0, 0.1) is 25.7 Å². The molecule has 2 aromatic carbocycles. The van der Waals surface area contributed by atoms with Gasteiger partial charge in [0.25, 0.3) is 0 Å². The molecule has 1 N–H and O–H groups in total. The number of pyridine rings is 1. The summed E-state index contributed by atoms with van der Waals surface area (Å²) >= 11 is 13.0. The zero-order chi connectivity index (χ0) is 28.0. The predicted octanol–water partition coefficient (Wildman–Crippen LogP) is 7.80. The van der Waals surface area contributed by atoms with Crippen LogP contribution in [0.5, 0.6) is 0 Å². The fourth-order valence-corrected chi connectivity index (χ4v) is 7.41. The van der Waals surface area contributed by atoms with Crippen LogP contribution in [0.4, 0.5) is 11.4 Å². The van der Waals surface area contributed by atoms with Crippen LogP contribution in [0.15, 0.2) is 79.0 Å². The number of benzene rings is 2. The van der Waals surface area contributed by atoms with Crippen molar-refractivity contribution in [2.24, 2.45) is 11.8 Å². The molecule has 4 aromatic rings. The number of aromatic nitrogens is 2. The predicted molar refractivity (Wildman–Crippen MR) is 170 cm³/mol. The summed E-state index contributed by atoms with van der Waals surface area (Å²) in [6.07, 6.45) is 3.11. The number of nitrogens with one attached hydrogen (secondary N) is 1. The first-order valence-electron chi connectivity index (χ1n) is 14.1. The van der Waals surface area contributed by atoms with Gasteiger partial charge in [0.2, 0.25) is 0 Å². The molecule has 0 saturated carbocycles. The van der Waals surface area contributed by atoms with Crippen LogP contribution < -0.4 is 15.1 Å². The van der Waals surface area contributed by atoms with E-state index in [0.29, 0.717) is 16.9 Å². The Morgan fingerprint density at radius 1 is 0.900 bits per heavy atom. The number of hydrogen-bond donors (Lipinski definition) is 1. The topological polar surface area (TPSA) is 36.3 Å². The quantitative estimate of drug-likeness (QED) is 0.248. The lowest BCUT2D eigenvalue weighted by molar-refractivity contribution is 0.357. The van der Waals surface area contributed by atoms with Gasteiger partial charge in [0.15, 0.2) is 5.11 Å². The van der Waals surface area contributed by atoms with Gasteiger partial charge in [-0.25, -0.2) is 0 Å². The van der Waals surface area contributed by atoms with Gasteiger partial charge in [-0.2, -0.15) is 0 Å². The zero-order valence-electron chi connectivity index (χ0n) is 23.5. The van der Waals surface area contributed by atoms with E-state index in [4.69, 9.17) is 28.8 Å². The maximum atomic E-state index is 7.02. The van der Waals surface area contributed by atoms with Crippen molar-refractivity contribution < 1.29 is 0 Å². The Labute approximate surface area is 247 Å². The van der Waals surface area contributed by atoms with Crippen LogP contribution in [-0.4, -0.2) is 27.8 Å². The number of halogens is 1. The number of rotatable bonds is 5. The molecule has 0 radical (unpaired) electrons. The molecule has 0 aliphatic carbocycles. The summed E-state index contributed by atoms with van der Waals surface area (Å²) in [5, 5.41) is 5.04. The molecule has 0 amide bonds. The number of hydrogen-bond acceptors (Lipinski definition) is 3. The first kappa shape index (κ1) is 26.9. The Bertz CT molecular complexity index is 1510. The summed E-state index contributed by atoms with van der Waals surface area (Å²) in [5.74, 6) is 1.30. The van der Waals surface area contributed by atoms with Crippen molar-refractivity contribution in [3.8, 4) is 5.69 Å². The van der Waals surface area contributed by atoms with Crippen molar-refractivity contribution in [1.82, 2.24) is 14.9 Å². The highest BCUT2D eigenvalue weighted by Gasteiger charge is 2.42. The van der Waals surface area contributed by atoms with Gasteiger partial charge in [-0.1, -0.05) is 49.7 Å². The maximum absolute atomic E-state index is 7.02. The van der Waals surface area contributed by atoms with Gasteiger partial charge < -0.3 is 19.7 Å². The van der Waals surface area contributed by atoms with E-state index in [1.807, 2.05) is 18.3 Å². The molecule has 2 saturated heterocycles. The van der Waals surface area contributed by atoms with Gasteiger partial charge in [-0.05, 0) is 98.4 Å². The van der Waals surface area contributed by atoms with Crippen molar-refractivity contribution in [2.45, 2.75) is 46.2 Å². The van der Waals surface area contributed by atoms with Crippen LogP contribution in [0.1, 0.15) is 55.0 Å². The highest BCUT2D eigenvalue weighted by molar-refractivity contribution is 7.80. The molecular weight excluding hydrogens is 534 g/mol. The standard InChI is InChI=1S/C33H36ClN5S/c1-21-16-22(2)20-37(19-21)30-14-13-26(18-28(30)34)39-32(31(36-33(39)40)29-12-8-9-15-35-29)27-17-23(3)38(24(27)4)25-10-6-5-7-11-25/h5-15,17-18,21-22,31-32H,16,19-20H2,1-4H3,(H,36,40)/t21-,22-,31-,32+/m0/s1. The van der Waals surface area contributed by atoms with E-state index in [1.165, 1.54) is 23.4 Å². The third-order valence-corrected chi connectivity index (χ3v) is 8.94. The van der Waals surface area contributed by atoms with Gasteiger partial charge >= 0.3 is 0 Å². The average molecular weight is 570 g/mol. The number of nitrogens with zero attached hydrogens (tertiary/aromatic N) is 4. The minimum atomic E-state index is -0.110.